The van der Waals surface area contributed by atoms with Gasteiger partial charge in [-0.1, -0.05) is 11.6 Å². The molecule has 5 nitrogen and oxygen atoms in total. The van der Waals surface area contributed by atoms with E-state index < -0.39 is 0 Å². The fourth-order valence-corrected chi connectivity index (χ4v) is 2.78. The van der Waals surface area contributed by atoms with Gasteiger partial charge in [-0.15, -0.1) is 0 Å². The Morgan fingerprint density at radius 3 is 3.21 bits per heavy atom. The summed E-state index contributed by atoms with van der Waals surface area (Å²) in [5, 5.41) is 8.01. The zero-order valence-electron chi connectivity index (χ0n) is 11.0. The molecule has 100 valence electrons. The van der Waals surface area contributed by atoms with Gasteiger partial charge in [0.15, 0.2) is 5.69 Å². The number of amides is 1. The van der Waals surface area contributed by atoms with Gasteiger partial charge >= 0.3 is 0 Å². The maximum atomic E-state index is 12.6. The molecule has 1 aromatic heterocycles. The van der Waals surface area contributed by atoms with Gasteiger partial charge in [0.2, 0.25) is 0 Å². The van der Waals surface area contributed by atoms with Crippen molar-refractivity contribution in [1.29, 1.82) is 0 Å². The van der Waals surface area contributed by atoms with Crippen molar-refractivity contribution in [3.8, 4) is 0 Å². The third kappa shape index (κ3) is 2.00. The van der Waals surface area contributed by atoms with Crippen LogP contribution in [0.5, 0.6) is 0 Å². The van der Waals surface area contributed by atoms with Gasteiger partial charge in [0, 0.05) is 24.5 Å². The molecule has 0 bridgehead atoms. The van der Waals surface area contributed by atoms with E-state index in [1.54, 1.807) is 0 Å². The maximum Gasteiger partial charge on any atom is 0.275 e. The molecule has 0 aliphatic carbocycles. The maximum absolute atomic E-state index is 12.6. The standard InChI is InChI=1S/C14H18N4O/c1-9-4-5-12-11(7-9)13(17-16-12)14(19)18-6-2-3-10(18)8-15/h4-5,7,10H,2-3,6,8,15H2,1H3,(H,16,17). The monoisotopic (exact) mass is 258 g/mol. The molecule has 19 heavy (non-hydrogen) atoms. The lowest BCUT2D eigenvalue weighted by molar-refractivity contribution is 0.0737. The van der Waals surface area contributed by atoms with E-state index in [1.165, 1.54) is 0 Å². The Balaban J connectivity index is 1.99. The molecule has 1 aliphatic rings. The number of rotatable bonds is 2. The van der Waals surface area contributed by atoms with Crippen molar-refractivity contribution >= 4 is 16.8 Å². The first kappa shape index (κ1) is 12.2. The highest BCUT2D eigenvalue weighted by atomic mass is 16.2. The van der Waals surface area contributed by atoms with E-state index >= 15 is 0 Å². The summed E-state index contributed by atoms with van der Waals surface area (Å²) in [6.45, 7) is 3.31. The number of nitrogens with zero attached hydrogens (tertiary/aromatic N) is 2. The number of benzene rings is 1. The number of aromatic amines is 1. The summed E-state index contributed by atoms with van der Waals surface area (Å²) < 4.78 is 0. The summed E-state index contributed by atoms with van der Waals surface area (Å²) in [6.07, 6.45) is 2.01. The zero-order valence-corrected chi connectivity index (χ0v) is 11.0. The second-order valence-corrected chi connectivity index (χ2v) is 5.15. The molecule has 1 unspecified atom stereocenters. The molecule has 2 heterocycles. The molecule has 0 saturated carbocycles. The lowest BCUT2D eigenvalue weighted by Gasteiger charge is -2.22. The molecule has 1 atom stereocenters. The first-order chi connectivity index (χ1) is 9.20. The van der Waals surface area contributed by atoms with Gasteiger partial charge < -0.3 is 10.6 Å². The minimum absolute atomic E-state index is 0.00944. The lowest BCUT2D eigenvalue weighted by atomic mass is 10.1. The van der Waals surface area contributed by atoms with Crippen LogP contribution in [0.4, 0.5) is 0 Å². The van der Waals surface area contributed by atoms with Crippen LogP contribution in [0.3, 0.4) is 0 Å². The number of likely N-dealkylation sites (tertiary alicyclic amines) is 1. The van der Waals surface area contributed by atoms with Crippen LogP contribution in [-0.2, 0) is 0 Å². The Morgan fingerprint density at radius 1 is 1.58 bits per heavy atom. The minimum atomic E-state index is -0.00944. The van der Waals surface area contributed by atoms with Gasteiger partial charge in [0.25, 0.3) is 5.91 Å². The molecule has 2 aromatic rings. The van der Waals surface area contributed by atoms with E-state index in [-0.39, 0.29) is 11.9 Å². The number of fused-ring (bicyclic) bond motifs is 1. The third-order valence-corrected chi connectivity index (χ3v) is 3.83. The SMILES string of the molecule is Cc1ccc2[nH]nc(C(=O)N3CCCC3CN)c2c1. The highest BCUT2D eigenvalue weighted by Crippen LogP contribution is 2.23. The number of aryl methyl sites for hydroxylation is 1. The van der Waals surface area contributed by atoms with Crippen LogP contribution < -0.4 is 5.73 Å². The van der Waals surface area contributed by atoms with Crippen molar-refractivity contribution in [3.05, 3.63) is 29.5 Å². The Bertz CT molecular complexity index is 619. The van der Waals surface area contributed by atoms with Gasteiger partial charge in [0.05, 0.1) is 5.52 Å². The third-order valence-electron chi connectivity index (χ3n) is 3.83. The predicted octanol–water partition coefficient (Wildman–Crippen LogP) is 1.43. The topological polar surface area (TPSA) is 75.0 Å². The minimum Gasteiger partial charge on any atom is -0.333 e. The summed E-state index contributed by atoms with van der Waals surface area (Å²) in [4.78, 5) is 14.4. The quantitative estimate of drug-likeness (QED) is 0.855. The van der Waals surface area contributed by atoms with Crippen LogP contribution in [0.1, 0.15) is 28.9 Å². The smallest absolute Gasteiger partial charge is 0.275 e. The number of hydrogen-bond acceptors (Lipinski definition) is 3. The van der Waals surface area contributed by atoms with Gasteiger partial charge in [-0.05, 0) is 31.9 Å². The fraction of sp³-hybridized carbons (Fsp3) is 0.429. The highest BCUT2D eigenvalue weighted by molar-refractivity contribution is 6.05. The fourth-order valence-electron chi connectivity index (χ4n) is 2.78. The van der Waals surface area contributed by atoms with Crippen molar-refractivity contribution in [2.45, 2.75) is 25.8 Å². The van der Waals surface area contributed by atoms with Crippen LogP contribution in [0.15, 0.2) is 18.2 Å². The molecule has 1 aliphatic heterocycles. The number of H-pyrrole nitrogens is 1. The first-order valence-electron chi connectivity index (χ1n) is 6.66. The summed E-state index contributed by atoms with van der Waals surface area (Å²) in [6, 6.07) is 6.12. The van der Waals surface area contributed by atoms with Gasteiger partial charge in [0.1, 0.15) is 0 Å². The molecule has 1 aromatic carbocycles. The Kier molecular flexibility index (Phi) is 2.98. The summed E-state index contributed by atoms with van der Waals surface area (Å²) in [7, 11) is 0. The molecule has 3 rings (SSSR count). The van der Waals surface area contributed by atoms with Crippen molar-refractivity contribution in [2.75, 3.05) is 13.1 Å². The van der Waals surface area contributed by atoms with E-state index in [0.29, 0.717) is 12.2 Å². The van der Waals surface area contributed by atoms with Crippen LogP contribution in [-0.4, -0.2) is 40.1 Å². The van der Waals surface area contributed by atoms with E-state index in [0.717, 1.165) is 35.9 Å². The number of carbonyl (C=O) groups excluding carboxylic acids is 1. The van der Waals surface area contributed by atoms with Crippen LogP contribution in [0.25, 0.3) is 10.9 Å². The van der Waals surface area contributed by atoms with Crippen LogP contribution in [0, 0.1) is 6.92 Å². The largest absolute Gasteiger partial charge is 0.333 e. The number of nitrogens with two attached hydrogens (primary N) is 1. The molecular formula is C14H18N4O. The van der Waals surface area contributed by atoms with E-state index in [4.69, 9.17) is 5.73 Å². The van der Waals surface area contributed by atoms with Crippen molar-refractivity contribution < 1.29 is 4.79 Å². The van der Waals surface area contributed by atoms with Crippen molar-refractivity contribution in [1.82, 2.24) is 15.1 Å². The summed E-state index contributed by atoms with van der Waals surface area (Å²) in [5.41, 5.74) is 8.27. The number of aromatic nitrogens is 2. The first-order valence-corrected chi connectivity index (χ1v) is 6.66. The molecule has 1 saturated heterocycles. The van der Waals surface area contributed by atoms with Gasteiger partial charge in [-0.3, -0.25) is 9.89 Å². The average Bonchev–Trinajstić information content (AvgIpc) is 3.03. The van der Waals surface area contributed by atoms with Crippen LogP contribution >= 0.6 is 0 Å². The second-order valence-electron chi connectivity index (χ2n) is 5.15. The van der Waals surface area contributed by atoms with E-state index in [9.17, 15) is 4.79 Å². The van der Waals surface area contributed by atoms with Crippen LogP contribution in [0.2, 0.25) is 0 Å². The van der Waals surface area contributed by atoms with Gasteiger partial charge in [-0.25, -0.2) is 0 Å². The van der Waals surface area contributed by atoms with E-state index in [2.05, 4.69) is 10.2 Å². The van der Waals surface area contributed by atoms with Crippen molar-refractivity contribution in [2.24, 2.45) is 5.73 Å². The highest BCUT2D eigenvalue weighted by Gasteiger charge is 2.30. The second kappa shape index (κ2) is 4.66. The number of hydrogen-bond donors (Lipinski definition) is 2. The molecule has 1 amide bonds. The molecular weight excluding hydrogens is 240 g/mol. The molecule has 1 fully saturated rings. The zero-order chi connectivity index (χ0) is 13.4. The Morgan fingerprint density at radius 2 is 2.42 bits per heavy atom. The summed E-state index contributed by atoms with van der Waals surface area (Å²) in [5.74, 6) is -0.00944. The lowest BCUT2D eigenvalue weighted by Crippen LogP contribution is -2.40. The molecule has 0 spiro atoms. The average molecular weight is 258 g/mol. The van der Waals surface area contributed by atoms with Gasteiger partial charge in [-0.2, -0.15) is 5.10 Å². The Labute approximate surface area is 111 Å². The normalized spacial score (nSPS) is 19.3. The predicted molar refractivity (Wildman–Crippen MR) is 73.9 cm³/mol. The van der Waals surface area contributed by atoms with E-state index in [1.807, 2.05) is 30.0 Å². The number of nitrogens with one attached hydrogen (secondary N) is 1. The molecule has 0 radical (unpaired) electrons. The Hall–Kier alpha value is -1.88. The molecule has 3 N–H and O–H groups in total. The number of carbonyl (C=O) groups is 1. The summed E-state index contributed by atoms with van der Waals surface area (Å²) >= 11 is 0. The van der Waals surface area contributed by atoms with Crippen molar-refractivity contribution in [3.63, 3.8) is 0 Å². The molecule has 5 heteroatoms.